The van der Waals surface area contributed by atoms with Crippen molar-refractivity contribution in [1.82, 2.24) is 9.97 Å². The molecule has 1 aromatic heterocycles. The van der Waals surface area contributed by atoms with Crippen LogP contribution >= 0.6 is 0 Å². The molecule has 0 bridgehead atoms. The predicted octanol–water partition coefficient (Wildman–Crippen LogP) is 2.58. The summed E-state index contributed by atoms with van der Waals surface area (Å²) >= 11 is 0. The number of nitrogens with zero attached hydrogens (tertiary/aromatic N) is 3. The van der Waals surface area contributed by atoms with Crippen molar-refractivity contribution in [2.45, 2.75) is 39.2 Å². The van der Waals surface area contributed by atoms with Gasteiger partial charge in [0.2, 0.25) is 11.9 Å². The Labute approximate surface area is 141 Å². The van der Waals surface area contributed by atoms with Gasteiger partial charge in [0.15, 0.2) is 0 Å². The lowest BCUT2D eigenvalue weighted by Gasteiger charge is -2.45. The molecule has 1 fully saturated rings. The summed E-state index contributed by atoms with van der Waals surface area (Å²) in [7, 11) is 0. The van der Waals surface area contributed by atoms with E-state index in [1.165, 1.54) is 11.3 Å². The molecule has 4 rings (SSSR count). The lowest BCUT2D eigenvalue weighted by Crippen LogP contribution is -2.54. The van der Waals surface area contributed by atoms with Crippen molar-refractivity contribution in [3.63, 3.8) is 0 Å². The first-order valence-corrected chi connectivity index (χ1v) is 8.61. The highest BCUT2D eigenvalue weighted by molar-refractivity contribution is 5.93. The van der Waals surface area contributed by atoms with E-state index in [4.69, 9.17) is 15.7 Å². The Hall–Kier alpha value is -2.43. The van der Waals surface area contributed by atoms with E-state index in [0.29, 0.717) is 17.5 Å². The fourth-order valence-corrected chi connectivity index (χ4v) is 3.64. The lowest BCUT2D eigenvalue weighted by molar-refractivity contribution is 0.100. The van der Waals surface area contributed by atoms with Crippen LogP contribution in [0.15, 0.2) is 24.3 Å². The molecule has 2 N–H and O–H groups in total. The Morgan fingerprint density at radius 1 is 1.17 bits per heavy atom. The van der Waals surface area contributed by atoms with Crippen molar-refractivity contribution in [1.29, 1.82) is 0 Å². The van der Waals surface area contributed by atoms with Crippen LogP contribution in [-0.2, 0) is 12.8 Å². The van der Waals surface area contributed by atoms with Gasteiger partial charge >= 0.3 is 0 Å². The van der Waals surface area contributed by atoms with E-state index in [-0.39, 0.29) is 0 Å². The molecule has 1 aliphatic heterocycles. The number of aryl methyl sites for hydroxylation is 1. The smallest absolute Gasteiger partial charge is 0.248 e. The average molecular weight is 322 g/mol. The zero-order chi connectivity index (χ0) is 16.8. The van der Waals surface area contributed by atoms with E-state index in [0.717, 1.165) is 43.0 Å². The van der Waals surface area contributed by atoms with E-state index < -0.39 is 5.91 Å². The Morgan fingerprint density at radius 3 is 2.54 bits per heavy atom. The van der Waals surface area contributed by atoms with Crippen LogP contribution in [0.2, 0.25) is 0 Å². The monoisotopic (exact) mass is 322 g/mol. The van der Waals surface area contributed by atoms with Crippen molar-refractivity contribution in [2.75, 3.05) is 11.4 Å². The van der Waals surface area contributed by atoms with Gasteiger partial charge in [-0.05, 0) is 44.2 Å². The zero-order valence-electron chi connectivity index (χ0n) is 14.1. The Balaban J connectivity index is 1.77. The van der Waals surface area contributed by atoms with Gasteiger partial charge in [0, 0.05) is 35.0 Å². The van der Waals surface area contributed by atoms with Crippen LogP contribution in [0.4, 0.5) is 5.95 Å². The van der Waals surface area contributed by atoms with Crippen molar-refractivity contribution >= 4 is 11.9 Å². The molecule has 2 aliphatic rings. The van der Waals surface area contributed by atoms with Gasteiger partial charge in [0.05, 0.1) is 5.69 Å². The number of aromatic nitrogens is 2. The molecule has 124 valence electrons. The first-order chi connectivity index (χ1) is 11.5. The molecule has 0 spiro atoms. The highest BCUT2D eigenvalue weighted by Crippen LogP contribution is 2.35. The second kappa shape index (κ2) is 5.58. The zero-order valence-corrected chi connectivity index (χ0v) is 14.1. The number of amides is 1. The highest BCUT2D eigenvalue weighted by Gasteiger charge is 2.35. The molecule has 2 heterocycles. The van der Waals surface area contributed by atoms with Crippen molar-refractivity contribution < 1.29 is 4.79 Å². The topological polar surface area (TPSA) is 72.1 Å². The Bertz CT molecular complexity index is 800. The van der Waals surface area contributed by atoms with E-state index in [2.05, 4.69) is 18.7 Å². The molecule has 1 saturated heterocycles. The first-order valence-electron chi connectivity index (χ1n) is 8.61. The van der Waals surface area contributed by atoms with Gasteiger partial charge in [-0.3, -0.25) is 4.79 Å². The molecule has 1 amide bonds. The van der Waals surface area contributed by atoms with Crippen LogP contribution in [-0.4, -0.2) is 28.5 Å². The summed E-state index contributed by atoms with van der Waals surface area (Å²) in [6.45, 7) is 5.50. The van der Waals surface area contributed by atoms with Gasteiger partial charge in [0.1, 0.15) is 0 Å². The molecule has 2 atom stereocenters. The number of hydrogen-bond acceptors (Lipinski definition) is 4. The predicted molar refractivity (Wildman–Crippen MR) is 94.0 cm³/mol. The average Bonchev–Trinajstić information content (AvgIpc) is 3.07. The summed E-state index contributed by atoms with van der Waals surface area (Å²) < 4.78 is 0. The quantitative estimate of drug-likeness (QED) is 0.942. The van der Waals surface area contributed by atoms with E-state index in [9.17, 15) is 4.79 Å². The summed E-state index contributed by atoms with van der Waals surface area (Å²) in [4.78, 5) is 23.3. The number of anilines is 1. The number of carbonyl (C=O) groups is 1. The molecule has 1 aliphatic carbocycles. The maximum Gasteiger partial charge on any atom is 0.248 e. The third-order valence-electron chi connectivity index (χ3n) is 5.42. The summed E-state index contributed by atoms with van der Waals surface area (Å²) in [5, 5.41) is 0. The van der Waals surface area contributed by atoms with Gasteiger partial charge in [-0.25, -0.2) is 9.97 Å². The summed E-state index contributed by atoms with van der Waals surface area (Å²) in [6, 6.07) is 7.90. The molecule has 0 radical (unpaired) electrons. The number of nitrogens with two attached hydrogens (primary N) is 1. The molecule has 2 aromatic rings. The summed E-state index contributed by atoms with van der Waals surface area (Å²) in [5.74, 6) is 1.12. The van der Waals surface area contributed by atoms with Gasteiger partial charge in [0.25, 0.3) is 0 Å². The molecule has 5 heteroatoms. The molecule has 5 nitrogen and oxygen atoms in total. The van der Waals surface area contributed by atoms with Crippen LogP contribution in [0.1, 0.15) is 41.9 Å². The number of carbonyl (C=O) groups excluding carboxylic acids is 1. The third kappa shape index (κ3) is 2.35. The summed E-state index contributed by atoms with van der Waals surface area (Å²) in [6.07, 6.45) is 3.18. The molecular formula is C19H22N4O. The fourth-order valence-electron chi connectivity index (χ4n) is 3.64. The van der Waals surface area contributed by atoms with Crippen LogP contribution in [0.3, 0.4) is 0 Å². The second-order valence-corrected chi connectivity index (χ2v) is 6.96. The van der Waals surface area contributed by atoms with Crippen molar-refractivity contribution in [2.24, 2.45) is 11.7 Å². The van der Waals surface area contributed by atoms with Crippen LogP contribution in [0.5, 0.6) is 0 Å². The van der Waals surface area contributed by atoms with Crippen molar-refractivity contribution in [3.8, 4) is 11.3 Å². The first kappa shape index (κ1) is 15.1. The fraction of sp³-hybridized carbons (Fsp3) is 0.421. The standard InChI is InChI=1S/C19H22N4O/c1-11-10-23(12(11)2)19-21-16-5-3-4-15(16)17(22-19)13-6-8-14(9-7-13)18(20)24/h6-9,11-12H,3-5,10H2,1-2H3,(H2,20,24)/t11-,12+/m0/s1. The molecule has 1 aromatic carbocycles. The minimum Gasteiger partial charge on any atom is -0.366 e. The third-order valence-corrected chi connectivity index (χ3v) is 5.42. The number of benzene rings is 1. The minimum absolute atomic E-state index is 0.404. The lowest BCUT2D eigenvalue weighted by atomic mass is 9.92. The van der Waals surface area contributed by atoms with E-state index in [1.54, 1.807) is 12.1 Å². The molecule has 0 unspecified atom stereocenters. The largest absolute Gasteiger partial charge is 0.366 e. The summed E-state index contributed by atoms with van der Waals surface area (Å²) in [5.41, 5.74) is 10.3. The van der Waals surface area contributed by atoms with Gasteiger partial charge < -0.3 is 10.6 Å². The van der Waals surface area contributed by atoms with E-state index >= 15 is 0 Å². The maximum absolute atomic E-state index is 11.3. The molecule has 24 heavy (non-hydrogen) atoms. The SMILES string of the molecule is C[C@@H]1[C@@H](C)CN1c1nc2c(c(-c3ccc(C(N)=O)cc3)n1)CCC2. The van der Waals surface area contributed by atoms with Crippen LogP contribution < -0.4 is 10.6 Å². The minimum atomic E-state index is -0.404. The molecule has 0 saturated carbocycles. The van der Waals surface area contributed by atoms with Crippen molar-refractivity contribution in [3.05, 3.63) is 41.1 Å². The number of rotatable bonds is 3. The highest BCUT2D eigenvalue weighted by atomic mass is 16.1. The second-order valence-electron chi connectivity index (χ2n) is 6.96. The number of primary amides is 1. The van der Waals surface area contributed by atoms with Gasteiger partial charge in [-0.1, -0.05) is 19.1 Å². The maximum atomic E-state index is 11.3. The number of fused-ring (bicyclic) bond motifs is 1. The molecular weight excluding hydrogens is 300 g/mol. The Kier molecular flexibility index (Phi) is 3.52. The van der Waals surface area contributed by atoms with Gasteiger partial charge in [-0.15, -0.1) is 0 Å². The van der Waals surface area contributed by atoms with Crippen LogP contribution in [0, 0.1) is 5.92 Å². The van der Waals surface area contributed by atoms with E-state index in [1.807, 2.05) is 12.1 Å². The Morgan fingerprint density at radius 2 is 1.92 bits per heavy atom. The van der Waals surface area contributed by atoms with Crippen LogP contribution in [0.25, 0.3) is 11.3 Å². The number of hydrogen-bond donors (Lipinski definition) is 1. The van der Waals surface area contributed by atoms with Gasteiger partial charge in [-0.2, -0.15) is 0 Å². The normalized spacial score (nSPS) is 22.2.